The number of fused-ring (bicyclic) bond motifs is 1. The molecule has 0 atom stereocenters. The van der Waals surface area contributed by atoms with Crippen LogP contribution >= 0.6 is 0 Å². The van der Waals surface area contributed by atoms with Crippen molar-refractivity contribution < 1.29 is 4.79 Å². The number of imidazole rings is 1. The lowest BCUT2D eigenvalue weighted by molar-refractivity contribution is 0.0964. The number of rotatable bonds is 3. The van der Waals surface area contributed by atoms with Gasteiger partial charge in [-0.05, 0) is 18.6 Å². The molecule has 0 spiro atoms. The number of nitrogens with zero attached hydrogens (tertiary/aromatic N) is 2. The summed E-state index contributed by atoms with van der Waals surface area (Å²) in [5.74, 6) is -0.0662. The third kappa shape index (κ3) is 1.66. The van der Waals surface area contributed by atoms with Crippen LogP contribution in [-0.4, -0.2) is 22.5 Å². The van der Waals surface area contributed by atoms with E-state index in [0.717, 1.165) is 24.0 Å². The van der Waals surface area contributed by atoms with Gasteiger partial charge in [-0.3, -0.25) is 4.79 Å². The predicted octanol–water partition coefficient (Wildman–Crippen LogP) is 1.81. The summed E-state index contributed by atoms with van der Waals surface area (Å²) in [6.07, 6.45) is 2.81. The monoisotopic (exact) mass is 217 g/mol. The number of hydrogen-bond donors (Lipinski definition) is 1. The molecule has 2 rings (SSSR count). The Morgan fingerprint density at radius 2 is 2.31 bits per heavy atom. The smallest absolute Gasteiger partial charge is 0.253 e. The van der Waals surface area contributed by atoms with Gasteiger partial charge < -0.3 is 9.88 Å². The lowest BCUT2D eigenvalue weighted by Crippen LogP contribution is -2.18. The van der Waals surface area contributed by atoms with Gasteiger partial charge in [-0.15, -0.1) is 0 Å². The Morgan fingerprint density at radius 3 is 3.00 bits per heavy atom. The molecule has 0 aliphatic rings. The van der Waals surface area contributed by atoms with Crippen LogP contribution in [-0.2, 0) is 6.54 Å². The minimum atomic E-state index is -0.0662. The van der Waals surface area contributed by atoms with Crippen LogP contribution in [0.3, 0.4) is 0 Å². The van der Waals surface area contributed by atoms with Crippen LogP contribution < -0.4 is 5.32 Å². The van der Waals surface area contributed by atoms with Gasteiger partial charge in [0.25, 0.3) is 5.91 Å². The van der Waals surface area contributed by atoms with Crippen LogP contribution in [0.25, 0.3) is 11.0 Å². The summed E-state index contributed by atoms with van der Waals surface area (Å²) in [6.45, 7) is 2.98. The number of aromatic nitrogens is 2. The van der Waals surface area contributed by atoms with Gasteiger partial charge in [0.2, 0.25) is 0 Å². The first-order valence-electron chi connectivity index (χ1n) is 5.44. The highest BCUT2D eigenvalue weighted by Crippen LogP contribution is 2.18. The average molecular weight is 217 g/mol. The van der Waals surface area contributed by atoms with Gasteiger partial charge in [0.1, 0.15) is 0 Å². The molecule has 4 heteroatoms. The van der Waals surface area contributed by atoms with E-state index in [4.69, 9.17) is 0 Å². The number of hydrogen-bond acceptors (Lipinski definition) is 2. The molecule has 1 aromatic carbocycles. The minimum absolute atomic E-state index is 0.0662. The summed E-state index contributed by atoms with van der Waals surface area (Å²) < 4.78 is 2.03. The van der Waals surface area contributed by atoms with Crippen LogP contribution in [0, 0.1) is 0 Å². The summed E-state index contributed by atoms with van der Waals surface area (Å²) in [6, 6.07) is 5.61. The van der Waals surface area contributed by atoms with E-state index in [2.05, 4.69) is 17.2 Å². The number of aryl methyl sites for hydroxylation is 1. The fourth-order valence-corrected chi connectivity index (χ4v) is 1.86. The molecule has 0 unspecified atom stereocenters. The highest BCUT2D eigenvalue weighted by Gasteiger charge is 2.12. The third-order valence-corrected chi connectivity index (χ3v) is 2.57. The van der Waals surface area contributed by atoms with Gasteiger partial charge >= 0.3 is 0 Å². The Labute approximate surface area is 94.3 Å². The zero-order valence-electron chi connectivity index (χ0n) is 9.53. The molecule has 0 bridgehead atoms. The molecule has 0 aliphatic carbocycles. The summed E-state index contributed by atoms with van der Waals surface area (Å²) in [5.41, 5.74) is 2.48. The topological polar surface area (TPSA) is 46.9 Å². The standard InChI is InChI=1S/C12H15N3O/c1-3-7-15-8-14-10-6-4-5-9(11(10)15)12(16)13-2/h4-6,8H,3,7H2,1-2H3,(H,13,16). The molecule has 0 saturated carbocycles. The van der Waals surface area contributed by atoms with E-state index in [1.54, 1.807) is 13.4 Å². The Kier molecular flexibility index (Phi) is 2.90. The Morgan fingerprint density at radius 1 is 1.50 bits per heavy atom. The highest BCUT2D eigenvalue weighted by atomic mass is 16.1. The highest BCUT2D eigenvalue weighted by molar-refractivity contribution is 6.04. The lowest BCUT2D eigenvalue weighted by Gasteiger charge is -2.06. The first-order chi connectivity index (χ1) is 7.77. The number of carbonyl (C=O) groups is 1. The van der Waals surface area contributed by atoms with Crippen molar-refractivity contribution in [3.05, 3.63) is 30.1 Å². The molecule has 0 fully saturated rings. The van der Waals surface area contributed by atoms with E-state index < -0.39 is 0 Å². The molecule has 0 aliphatic heterocycles. The van der Waals surface area contributed by atoms with Gasteiger partial charge in [-0.25, -0.2) is 4.98 Å². The number of benzene rings is 1. The number of carbonyl (C=O) groups excluding carboxylic acids is 1. The lowest BCUT2D eigenvalue weighted by atomic mass is 10.1. The molecule has 0 radical (unpaired) electrons. The normalized spacial score (nSPS) is 10.6. The first kappa shape index (κ1) is 10.7. The Hall–Kier alpha value is -1.84. The van der Waals surface area contributed by atoms with Gasteiger partial charge in [0.15, 0.2) is 0 Å². The largest absolute Gasteiger partial charge is 0.355 e. The van der Waals surface area contributed by atoms with Gasteiger partial charge in [0, 0.05) is 13.6 Å². The Balaban J connectivity index is 2.63. The van der Waals surface area contributed by atoms with Gasteiger partial charge in [-0.2, -0.15) is 0 Å². The third-order valence-electron chi connectivity index (χ3n) is 2.57. The quantitative estimate of drug-likeness (QED) is 0.852. The molecular formula is C12H15N3O. The van der Waals surface area contributed by atoms with E-state index in [9.17, 15) is 4.79 Å². The van der Waals surface area contributed by atoms with E-state index in [1.807, 2.05) is 22.8 Å². The summed E-state index contributed by atoms with van der Waals surface area (Å²) in [4.78, 5) is 16.0. The van der Waals surface area contributed by atoms with E-state index in [-0.39, 0.29) is 5.91 Å². The van der Waals surface area contributed by atoms with Crippen molar-refractivity contribution in [2.24, 2.45) is 0 Å². The summed E-state index contributed by atoms with van der Waals surface area (Å²) >= 11 is 0. The molecule has 0 saturated heterocycles. The molecule has 84 valence electrons. The average Bonchev–Trinajstić information content (AvgIpc) is 2.72. The Bertz CT molecular complexity index is 516. The van der Waals surface area contributed by atoms with Crippen LogP contribution in [0.15, 0.2) is 24.5 Å². The van der Waals surface area contributed by atoms with Crippen molar-refractivity contribution in [1.82, 2.24) is 14.9 Å². The SMILES string of the molecule is CCCn1cnc2cccc(C(=O)NC)c21. The number of para-hydroxylation sites is 1. The number of nitrogens with one attached hydrogen (secondary N) is 1. The molecule has 4 nitrogen and oxygen atoms in total. The van der Waals surface area contributed by atoms with Crippen molar-refractivity contribution >= 4 is 16.9 Å². The maximum Gasteiger partial charge on any atom is 0.253 e. The van der Waals surface area contributed by atoms with Gasteiger partial charge in [-0.1, -0.05) is 13.0 Å². The summed E-state index contributed by atoms with van der Waals surface area (Å²) in [7, 11) is 1.64. The van der Waals surface area contributed by atoms with Crippen molar-refractivity contribution in [2.75, 3.05) is 7.05 Å². The zero-order chi connectivity index (χ0) is 11.5. The van der Waals surface area contributed by atoms with Crippen molar-refractivity contribution in [3.8, 4) is 0 Å². The molecule has 16 heavy (non-hydrogen) atoms. The van der Waals surface area contributed by atoms with Crippen LogP contribution in [0.4, 0.5) is 0 Å². The maximum atomic E-state index is 11.7. The van der Waals surface area contributed by atoms with Crippen molar-refractivity contribution in [2.45, 2.75) is 19.9 Å². The predicted molar refractivity (Wildman–Crippen MR) is 63.4 cm³/mol. The second-order valence-corrected chi connectivity index (χ2v) is 3.69. The number of amides is 1. The fourth-order valence-electron chi connectivity index (χ4n) is 1.86. The van der Waals surface area contributed by atoms with E-state index in [1.165, 1.54) is 0 Å². The van der Waals surface area contributed by atoms with Crippen LogP contribution in [0.2, 0.25) is 0 Å². The van der Waals surface area contributed by atoms with Crippen LogP contribution in [0.5, 0.6) is 0 Å². The maximum absolute atomic E-state index is 11.7. The molecule has 1 aromatic heterocycles. The summed E-state index contributed by atoms with van der Waals surface area (Å²) in [5, 5.41) is 2.65. The van der Waals surface area contributed by atoms with Crippen molar-refractivity contribution in [3.63, 3.8) is 0 Å². The zero-order valence-corrected chi connectivity index (χ0v) is 9.53. The second kappa shape index (κ2) is 4.35. The second-order valence-electron chi connectivity index (χ2n) is 3.69. The minimum Gasteiger partial charge on any atom is -0.355 e. The van der Waals surface area contributed by atoms with E-state index in [0.29, 0.717) is 5.56 Å². The first-order valence-corrected chi connectivity index (χ1v) is 5.44. The van der Waals surface area contributed by atoms with Crippen LogP contribution in [0.1, 0.15) is 23.7 Å². The molecule has 1 N–H and O–H groups in total. The molecule has 1 heterocycles. The van der Waals surface area contributed by atoms with E-state index >= 15 is 0 Å². The van der Waals surface area contributed by atoms with Crippen molar-refractivity contribution in [1.29, 1.82) is 0 Å². The molecule has 1 amide bonds. The fraction of sp³-hybridized carbons (Fsp3) is 0.333. The molecule has 2 aromatic rings. The molecular weight excluding hydrogens is 202 g/mol. The van der Waals surface area contributed by atoms with Gasteiger partial charge in [0.05, 0.1) is 22.9 Å².